The largest absolute Gasteiger partial charge is 0.416 e. The quantitative estimate of drug-likeness (QED) is 0.579. The van der Waals surface area contributed by atoms with Crippen LogP contribution in [0.25, 0.3) is 16.9 Å². The fourth-order valence-corrected chi connectivity index (χ4v) is 3.53. The van der Waals surface area contributed by atoms with Crippen molar-refractivity contribution in [3.05, 3.63) is 77.5 Å². The Labute approximate surface area is 148 Å². The Morgan fingerprint density at radius 2 is 1.65 bits per heavy atom. The number of hydrogen-bond donors (Lipinski definition) is 0. The Morgan fingerprint density at radius 1 is 0.885 bits per heavy atom. The smallest absolute Gasteiger partial charge is 0.313 e. The van der Waals surface area contributed by atoms with Crippen LogP contribution in [0.1, 0.15) is 34.5 Å². The molecule has 0 fully saturated rings. The predicted molar refractivity (Wildman–Crippen MR) is 93.5 cm³/mol. The van der Waals surface area contributed by atoms with Gasteiger partial charge >= 0.3 is 6.18 Å². The van der Waals surface area contributed by atoms with Crippen molar-refractivity contribution in [2.75, 3.05) is 0 Å². The molecule has 0 radical (unpaired) electrons. The van der Waals surface area contributed by atoms with E-state index >= 15 is 0 Å². The van der Waals surface area contributed by atoms with Crippen LogP contribution < -0.4 is 0 Å². The van der Waals surface area contributed by atoms with Crippen LogP contribution in [0.5, 0.6) is 0 Å². The summed E-state index contributed by atoms with van der Waals surface area (Å²) in [5.74, 6) is 0.0501. The Kier molecular flexibility index (Phi) is 3.94. The van der Waals surface area contributed by atoms with Crippen LogP contribution in [-0.2, 0) is 12.6 Å². The normalized spacial score (nSPS) is 14.3. The Balaban J connectivity index is 1.97. The second-order valence-corrected chi connectivity index (χ2v) is 6.42. The molecule has 0 bridgehead atoms. The maximum absolute atomic E-state index is 13.2. The minimum absolute atomic E-state index is 0.0501. The number of alkyl halides is 3. The molecule has 1 heterocycles. The molecule has 4 rings (SSSR count). The molecular formula is C21H16F3NO. The van der Waals surface area contributed by atoms with Crippen molar-refractivity contribution < 1.29 is 18.0 Å². The molecule has 0 aliphatic heterocycles. The summed E-state index contributed by atoms with van der Waals surface area (Å²) in [6, 6.07) is 16.5. The summed E-state index contributed by atoms with van der Waals surface area (Å²) < 4.78 is 41.3. The molecule has 132 valence electrons. The number of ketones is 1. The lowest BCUT2D eigenvalue weighted by Gasteiger charge is -2.18. The van der Waals surface area contributed by atoms with Gasteiger partial charge in [-0.25, -0.2) is 0 Å². The molecule has 2 aromatic carbocycles. The van der Waals surface area contributed by atoms with Crippen LogP contribution in [0.4, 0.5) is 13.2 Å². The number of carbonyl (C=O) groups is 1. The van der Waals surface area contributed by atoms with Crippen molar-refractivity contribution >= 4 is 5.78 Å². The summed E-state index contributed by atoms with van der Waals surface area (Å²) in [6.07, 6.45) is -2.55. The van der Waals surface area contributed by atoms with E-state index in [-0.39, 0.29) is 5.78 Å². The minimum atomic E-state index is -4.41. The van der Waals surface area contributed by atoms with Crippen LogP contribution in [0.15, 0.2) is 60.7 Å². The van der Waals surface area contributed by atoms with Gasteiger partial charge in [0.25, 0.3) is 0 Å². The van der Waals surface area contributed by atoms with Gasteiger partial charge in [0.05, 0.1) is 11.3 Å². The van der Waals surface area contributed by atoms with Gasteiger partial charge in [-0.2, -0.15) is 13.2 Å². The van der Waals surface area contributed by atoms with Gasteiger partial charge in [0.2, 0.25) is 0 Å². The van der Waals surface area contributed by atoms with Crippen molar-refractivity contribution in [1.29, 1.82) is 0 Å². The van der Waals surface area contributed by atoms with Crippen molar-refractivity contribution in [3.63, 3.8) is 0 Å². The second-order valence-electron chi connectivity index (χ2n) is 6.42. The molecule has 1 aliphatic carbocycles. The molecule has 0 N–H and O–H groups in total. The van der Waals surface area contributed by atoms with E-state index < -0.39 is 11.7 Å². The van der Waals surface area contributed by atoms with Gasteiger partial charge in [-0.3, -0.25) is 4.79 Å². The number of Topliss-reactive ketones (excluding diaryl/α,β-unsaturated/α-hetero) is 1. The maximum atomic E-state index is 13.2. The molecule has 0 amide bonds. The van der Waals surface area contributed by atoms with Crippen molar-refractivity contribution in [2.45, 2.75) is 25.4 Å². The molecular weight excluding hydrogens is 339 g/mol. The van der Waals surface area contributed by atoms with Gasteiger partial charge in [0.1, 0.15) is 0 Å². The molecule has 0 spiro atoms. The van der Waals surface area contributed by atoms with Gasteiger partial charge in [0, 0.05) is 23.4 Å². The fourth-order valence-electron chi connectivity index (χ4n) is 3.53. The Hall–Kier alpha value is -2.82. The number of hydrogen-bond acceptors (Lipinski definition) is 1. The first-order valence-corrected chi connectivity index (χ1v) is 8.46. The molecule has 2 nitrogen and oxygen atoms in total. The standard InChI is InChI=1S/C21H16F3NO/c22-21(23,24)15-8-4-9-16(12-15)25-18-10-5-11-20(26)17(18)13-19(25)14-6-2-1-3-7-14/h1-4,6-9,12-13H,5,10-11H2. The van der Waals surface area contributed by atoms with E-state index in [1.54, 1.807) is 10.6 Å². The van der Waals surface area contributed by atoms with E-state index in [0.29, 0.717) is 30.5 Å². The number of carbonyl (C=O) groups excluding carboxylic acids is 1. The highest BCUT2D eigenvalue weighted by molar-refractivity contribution is 6.00. The minimum Gasteiger partial charge on any atom is -0.313 e. The van der Waals surface area contributed by atoms with Crippen molar-refractivity contribution in [3.8, 4) is 16.9 Å². The van der Waals surface area contributed by atoms with E-state index in [1.807, 2.05) is 36.4 Å². The average Bonchev–Trinajstić information content (AvgIpc) is 3.03. The third-order valence-electron chi connectivity index (χ3n) is 4.72. The average molecular weight is 355 g/mol. The van der Waals surface area contributed by atoms with Gasteiger partial charge in [-0.15, -0.1) is 0 Å². The third kappa shape index (κ3) is 2.83. The van der Waals surface area contributed by atoms with Crippen LogP contribution in [0.3, 0.4) is 0 Å². The highest BCUT2D eigenvalue weighted by Gasteiger charge is 2.31. The van der Waals surface area contributed by atoms with Crippen LogP contribution >= 0.6 is 0 Å². The van der Waals surface area contributed by atoms with E-state index in [2.05, 4.69) is 0 Å². The van der Waals surface area contributed by atoms with Gasteiger partial charge in [-0.05, 0) is 42.7 Å². The number of benzene rings is 2. The van der Waals surface area contributed by atoms with Gasteiger partial charge in [0.15, 0.2) is 5.78 Å². The second kappa shape index (κ2) is 6.16. The number of fused-ring (bicyclic) bond motifs is 1. The van der Waals surface area contributed by atoms with Crippen LogP contribution in [-0.4, -0.2) is 10.4 Å². The highest BCUT2D eigenvalue weighted by atomic mass is 19.4. The zero-order valence-corrected chi connectivity index (χ0v) is 13.9. The molecule has 1 aliphatic rings. The maximum Gasteiger partial charge on any atom is 0.416 e. The summed E-state index contributed by atoms with van der Waals surface area (Å²) in [6.45, 7) is 0. The molecule has 0 saturated heterocycles. The highest BCUT2D eigenvalue weighted by Crippen LogP contribution is 2.36. The Morgan fingerprint density at radius 3 is 2.38 bits per heavy atom. The zero-order valence-electron chi connectivity index (χ0n) is 13.9. The van der Waals surface area contributed by atoms with Crippen LogP contribution in [0, 0.1) is 0 Å². The lowest BCUT2D eigenvalue weighted by Crippen LogP contribution is -2.13. The Bertz CT molecular complexity index is 971. The number of aromatic nitrogens is 1. The van der Waals surface area contributed by atoms with E-state index in [1.165, 1.54) is 6.07 Å². The van der Waals surface area contributed by atoms with Gasteiger partial charge in [-0.1, -0.05) is 36.4 Å². The number of halogens is 3. The fraction of sp³-hybridized carbons (Fsp3) is 0.190. The molecule has 0 saturated carbocycles. The predicted octanol–water partition coefficient (Wildman–Crippen LogP) is 5.68. The van der Waals surface area contributed by atoms with Crippen LogP contribution in [0.2, 0.25) is 0 Å². The lowest BCUT2D eigenvalue weighted by molar-refractivity contribution is -0.137. The first-order valence-electron chi connectivity index (χ1n) is 8.46. The summed E-state index contributed by atoms with van der Waals surface area (Å²) in [7, 11) is 0. The number of nitrogens with zero attached hydrogens (tertiary/aromatic N) is 1. The van der Waals surface area contributed by atoms with E-state index in [9.17, 15) is 18.0 Å². The van der Waals surface area contributed by atoms with E-state index in [4.69, 9.17) is 0 Å². The molecule has 26 heavy (non-hydrogen) atoms. The summed E-state index contributed by atoms with van der Waals surface area (Å²) >= 11 is 0. The summed E-state index contributed by atoms with van der Waals surface area (Å²) in [5, 5.41) is 0. The number of rotatable bonds is 2. The molecule has 1 aromatic heterocycles. The monoisotopic (exact) mass is 355 g/mol. The third-order valence-corrected chi connectivity index (χ3v) is 4.72. The van der Waals surface area contributed by atoms with Gasteiger partial charge < -0.3 is 4.57 Å². The SMILES string of the molecule is O=C1CCCc2c1cc(-c1ccccc1)n2-c1cccc(C(F)(F)F)c1. The van der Waals surface area contributed by atoms with E-state index in [0.717, 1.165) is 29.1 Å². The molecule has 3 aromatic rings. The summed E-state index contributed by atoms with van der Waals surface area (Å²) in [5.41, 5.74) is 2.75. The first kappa shape index (κ1) is 16.6. The van der Waals surface area contributed by atoms with Crippen molar-refractivity contribution in [1.82, 2.24) is 4.57 Å². The van der Waals surface area contributed by atoms with Crippen molar-refractivity contribution in [2.24, 2.45) is 0 Å². The zero-order chi connectivity index (χ0) is 18.3. The molecule has 0 unspecified atom stereocenters. The first-order chi connectivity index (χ1) is 12.4. The lowest BCUT2D eigenvalue weighted by atomic mass is 9.96. The summed E-state index contributed by atoms with van der Waals surface area (Å²) in [4.78, 5) is 12.3. The topological polar surface area (TPSA) is 22.0 Å². The molecule has 0 atom stereocenters. The molecule has 5 heteroatoms.